The minimum atomic E-state index is -4.41. The first-order chi connectivity index (χ1) is 12.8. The summed E-state index contributed by atoms with van der Waals surface area (Å²) >= 11 is 0. The van der Waals surface area contributed by atoms with E-state index in [1.165, 1.54) is 30.6 Å². The molecule has 0 spiro atoms. The smallest absolute Gasteiger partial charge is 0.416 e. The topological polar surface area (TPSA) is 90.9 Å². The maximum Gasteiger partial charge on any atom is 0.416 e. The first kappa shape index (κ1) is 16.8. The molecule has 0 saturated carbocycles. The van der Waals surface area contributed by atoms with E-state index in [2.05, 4.69) is 20.3 Å². The molecule has 0 unspecified atom stereocenters. The first-order valence-electron chi connectivity index (χ1n) is 7.77. The van der Waals surface area contributed by atoms with Crippen LogP contribution in [0.15, 0.2) is 48.8 Å². The van der Waals surface area contributed by atoms with E-state index in [9.17, 15) is 23.1 Å². The molecule has 4 aromatic rings. The molecule has 0 amide bonds. The van der Waals surface area contributed by atoms with Crippen molar-refractivity contribution in [2.45, 2.75) is 6.18 Å². The summed E-state index contributed by atoms with van der Waals surface area (Å²) in [5, 5.41) is 13.3. The molecule has 0 saturated heterocycles. The standard InChI is InChI=1S/C18H11F3N4O2/c19-18(20,21)10-2-4-11(5-3-10)24-15-14-12-7-9(17(26)27)1-6-13(12)25-16(14)23-8-22-15/h1-8H,(H,26,27)(H2,22,23,24,25). The van der Waals surface area contributed by atoms with Gasteiger partial charge in [-0.25, -0.2) is 14.8 Å². The lowest BCUT2D eigenvalue weighted by molar-refractivity contribution is -0.137. The average molecular weight is 372 g/mol. The van der Waals surface area contributed by atoms with Crippen LogP contribution in [-0.4, -0.2) is 26.0 Å². The quantitative estimate of drug-likeness (QED) is 0.490. The molecular weight excluding hydrogens is 361 g/mol. The molecule has 0 aliphatic heterocycles. The lowest BCUT2D eigenvalue weighted by Crippen LogP contribution is -2.04. The first-order valence-corrected chi connectivity index (χ1v) is 7.77. The van der Waals surface area contributed by atoms with Crippen LogP contribution < -0.4 is 5.32 Å². The second-order valence-electron chi connectivity index (χ2n) is 5.84. The third-order valence-corrected chi connectivity index (χ3v) is 4.11. The number of benzene rings is 2. The number of alkyl halides is 3. The van der Waals surface area contributed by atoms with Crippen LogP contribution in [0.4, 0.5) is 24.7 Å². The highest BCUT2D eigenvalue weighted by Gasteiger charge is 2.30. The van der Waals surface area contributed by atoms with Gasteiger partial charge in [0.25, 0.3) is 0 Å². The fourth-order valence-corrected chi connectivity index (χ4v) is 2.83. The second-order valence-corrected chi connectivity index (χ2v) is 5.84. The molecule has 0 bridgehead atoms. The molecule has 0 aliphatic carbocycles. The van der Waals surface area contributed by atoms with E-state index in [-0.39, 0.29) is 5.56 Å². The van der Waals surface area contributed by atoms with Crippen molar-refractivity contribution in [1.82, 2.24) is 15.0 Å². The number of fused-ring (bicyclic) bond motifs is 3. The van der Waals surface area contributed by atoms with Gasteiger partial charge in [-0.3, -0.25) is 0 Å². The molecule has 2 aromatic carbocycles. The van der Waals surface area contributed by atoms with E-state index in [0.29, 0.717) is 33.4 Å². The van der Waals surface area contributed by atoms with Crippen LogP contribution in [-0.2, 0) is 6.18 Å². The highest BCUT2D eigenvalue weighted by molar-refractivity contribution is 6.13. The molecule has 2 aromatic heterocycles. The van der Waals surface area contributed by atoms with Gasteiger partial charge in [-0.2, -0.15) is 13.2 Å². The summed E-state index contributed by atoms with van der Waals surface area (Å²) in [4.78, 5) is 22.6. The number of halogens is 3. The number of aromatic nitrogens is 3. The molecule has 27 heavy (non-hydrogen) atoms. The maximum absolute atomic E-state index is 12.7. The lowest BCUT2D eigenvalue weighted by atomic mass is 10.1. The molecular formula is C18H11F3N4O2. The number of carbonyl (C=O) groups is 1. The number of aromatic amines is 1. The van der Waals surface area contributed by atoms with Crippen molar-refractivity contribution in [1.29, 1.82) is 0 Å². The summed E-state index contributed by atoms with van der Waals surface area (Å²) in [7, 11) is 0. The number of hydrogen-bond donors (Lipinski definition) is 3. The Kier molecular flexibility index (Phi) is 3.72. The Labute approximate surface area is 149 Å². The van der Waals surface area contributed by atoms with Crippen molar-refractivity contribution in [3.8, 4) is 0 Å². The Morgan fingerprint density at radius 1 is 1.07 bits per heavy atom. The molecule has 2 heterocycles. The van der Waals surface area contributed by atoms with Crippen molar-refractivity contribution < 1.29 is 23.1 Å². The van der Waals surface area contributed by atoms with E-state index >= 15 is 0 Å². The molecule has 6 nitrogen and oxygen atoms in total. The van der Waals surface area contributed by atoms with Crippen LogP contribution in [0.3, 0.4) is 0 Å². The average Bonchev–Trinajstić information content (AvgIpc) is 3.00. The minimum Gasteiger partial charge on any atom is -0.478 e. The fourth-order valence-electron chi connectivity index (χ4n) is 2.83. The largest absolute Gasteiger partial charge is 0.478 e. The monoisotopic (exact) mass is 372 g/mol. The Bertz CT molecular complexity index is 1170. The van der Waals surface area contributed by atoms with Gasteiger partial charge in [-0.1, -0.05) is 0 Å². The zero-order valence-corrected chi connectivity index (χ0v) is 13.5. The minimum absolute atomic E-state index is 0.104. The number of H-pyrrole nitrogens is 1. The summed E-state index contributed by atoms with van der Waals surface area (Å²) in [5.41, 5.74) is 0.918. The molecule has 4 rings (SSSR count). The Balaban J connectivity index is 1.80. The third-order valence-electron chi connectivity index (χ3n) is 4.11. The van der Waals surface area contributed by atoms with Crippen molar-refractivity contribution in [2.75, 3.05) is 5.32 Å². The van der Waals surface area contributed by atoms with Gasteiger partial charge in [0.15, 0.2) is 0 Å². The van der Waals surface area contributed by atoms with Gasteiger partial charge in [0.1, 0.15) is 17.8 Å². The number of nitrogens with one attached hydrogen (secondary N) is 2. The number of carboxylic acid groups (broad SMARTS) is 1. The normalized spacial score (nSPS) is 11.8. The molecule has 136 valence electrons. The SMILES string of the molecule is O=C(O)c1ccc2[nH]c3ncnc(Nc4ccc(C(F)(F)F)cc4)c3c2c1. The predicted octanol–water partition coefficient (Wildman–Crippen LogP) is 4.57. The summed E-state index contributed by atoms with van der Waals surface area (Å²) in [6, 6.07) is 9.14. The van der Waals surface area contributed by atoms with Crippen LogP contribution in [0.2, 0.25) is 0 Å². The maximum atomic E-state index is 12.7. The van der Waals surface area contributed by atoms with E-state index in [1.807, 2.05) is 0 Å². The second kappa shape index (κ2) is 5.97. The van der Waals surface area contributed by atoms with Crippen LogP contribution in [0, 0.1) is 0 Å². The van der Waals surface area contributed by atoms with Gasteiger partial charge in [0.05, 0.1) is 16.5 Å². The predicted molar refractivity (Wildman–Crippen MR) is 93.1 cm³/mol. The molecule has 0 radical (unpaired) electrons. The third kappa shape index (κ3) is 3.03. The lowest BCUT2D eigenvalue weighted by Gasteiger charge is -2.09. The molecule has 3 N–H and O–H groups in total. The van der Waals surface area contributed by atoms with E-state index in [4.69, 9.17) is 0 Å². The van der Waals surface area contributed by atoms with Crippen molar-refractivity contribution in [2.24, 2.45) is 0 Å². The Hall–Kier alpha value is -3.62. The molecule has 0 aliphatic rings. The van der Waals surface area contributed by atoms with Gasteiger partial charge in [0.2, 0.25) is 0 Å². The van der Waals surface area contributed by atoms with Crippen LogP contribution in [0.5, 0.6) is 0 Å². The molecule has 9 heteroatoms. The van der Waals surface area contributed by atoms with Crippen molar-refractivity contribution in [3.05, 3.63) is 59.9 Å². The van der Waals surface area contributed by atoms with Crippen LogP contribution >= 0.6 is 0 Å². The summed E-state index contributed by atoms with van der Waals surface area (Å²) in [5.74, 6) is -0.714. The number of anilines is 2. The van der Waals surface area contributed by atoms with Gasteiger partial charge in [0, 0.05) is 16.6 Å². The molecule has 0 atom stereocenters. The number of aromatic carboxylic acids is 1. The zero-order chi connectivity index (χ0) is 19.2. The van der Waals surface area contributed by atoms with Crippen molar-refractivity contribution in [3.63, 3.8) is 0 Å². The van der Waals surface area contributed by atoms with Crippen LogP contribution in [0.25, 0.3) is 21.9 Å². The summed E-state index contributed by atoms with van der Waals surface area (Å²) in [6.45, 7) is 0. The Morgan fingerprint density at radius 3 is 2.48 bits per heavy atom. The number of rotatable bonds is 3. The van der Waals surface area contributed by atoms with Gasteiger partial charge in [-0.15, -0.1) is 0 Å². The number of nitrogens with zero attached hydrogens (tertiary/aromatic N) is 2. The Morgan fingerprint density at radius 2 is 1.81 bits per heavy atom. The van der Waals surface area contributed by atoms with Gasteiger partial charge < -0.3 is 15.4 Å². The fraction of sp³-hybridized carbons (Fsp3) is 0.0556. The van der Waals surface area contributed by atoms with E-state index in [0.717, 1.165) is 12.1 Å². The molecule has 0 fully saturated rings. The van der Waals surface area contributed by atoms with E-state index in [1.54, 1.807) is 6.07 Å². The zero-order valence-electron chi connectivity index (χ0n) is 13.5. The number of carboxylic acids is 1. The van der Waals surface area contributed by atoms with Gasteiger partial charge in [-0.05, 0) is 42.5 Å². The van der Waals surface area contributed by atoms with Crippen LogP contribution in [0.1, 0.15) is 15.9 Å². The summed E-state index contributed by atoms with van der Waals surface area (Å²) in [6.07, 6.45) is -3.10. The number of hydrogen-bond acceptors (Lipinski definition) is 4. The van der Waals surface area contributed by atoms with E-state index < -0.39 is 17.7 Å². The summed E-state index contributed by atoms with van der Waals surface area (Å²) < 4.78 is 38.1. The van der Waals surface area contributed by atoms with Crippen molar-refractivity contribution >= 4 is 39.4 Å². The van der Waals surface area contributed by atoms with Gasteiger partial charge >= 0.3 is 12.1 Å². The highest BCUT2D eigenvalue weighted by atomic mass is 19.4. The highest BCUT2D eigenvalue weighted by Crippen LogP contribution is 2.33.